The number of hydrogen-bond acceptors (Lipinski definition) is 2. The second kappa shape index (κ2) is 4.78. The van der Waals surface area contributed by atoms with Crippen LogP contribution in [0.1, 0.15) is 39.5 Å². The molecule has 1 saturated heterocycles. The molecule has 0 aromatic carbocycles. The van der Waals surface area contributed by atoms with Gasteiger partial charge in [-0.1, -0.05) is 13.8 Å². The van der Waals surface area contributed by atoms with Crippen LogP contribution in [-0.4, -0.2) is 24.3 Å². The first kappa shape index (κ1) is 11.5. The topological polar surface area (TPSA) is 46.5 Å². The highest BCUT2D eigenvalue weighted by atomic mass is 16.5. The molecule has 0 amide bonds. The fourth-order valence-electron chi connectivity index (χ4n) is 2.25. The van der Waals surface area contributed by atoms with E-state index in [0.717, 1.165) is 32.5 Å². The fraction of sp³-hybridized carbons (Fsp3) is 0.909. The Morgan fingerprint density at radius 3 is 2.43 bits per heavy atom. The minimum absolute atomic E-state index is 0.205. The van der Waals surface area contributed by atoms with Gasteiger partial charge in [0, 0.05) is 19.6 Å². The largest absolute Gasteiger partial charge is 0.481 e. The van der Waals surface area contributed by atoms with Gasteiger partial charge >= 0.3 is 5.97 Å². The molecule has 0 radical (unpaired) electrons. The van der Waals surface area contributed by atoms with Crippen LogP contribution < -0.4 is 0 Å². The number of carbonyl (C=O) groups is 1. The van der Waals surface area contributed by atoms with Crippen molar-refractivity contribution in [1.29, 1.82) is 0 Å². The molecule has 0 atom stereocenters. The SMILES string of the molecule is CC(C)C1(CCC(=O)O)CCOCC1. The van der Waals surface area contributed by atoms with Crippen LogP contribution in [0.15, 0.2) is 0 Å². The Bertz CT molecular complexity index is 193. The van der Waals surface area contributed by atoms with Crippen LogP contribution in [0.4, 0.5) is 0 Å². The van der Waals surface area contributed by atoms with Gasteiger partial charge in [-0.15, -0.1) is 0 Å². The lowest BCUT2D eigenvalue weighted by atomic mass is 9.68. The first-order chi connectivity index (χ1) is 6.57. The third kappa shape index (κ3) is 2.71. The maximum Gasteiger partial charge on any atom is 0.303 e. The van der Waals surface area contributed by atoms with Crippen molar-refractivity contribution >= 4 is 5.97 Å². The van der Waals surface area contributed by atoms with Crippen LogP contribution in [0.2, 0.25) is 0 Å². The number of carboxylic acid groups (broad SMARTS) is 1. The molecule has 1 fully saturated rings. The van der Waals surface area contributed by atoms with Crippen LogP contribution >= 0.6 is 0 Å². The van der Waals surface area contributed by atoms with Gasteiger partial charge in [0.2, 0.25) is 0 Å². The van der Waals surface area contributed by atoms with Crippen molar-refractivity contribution in [3.63, 3.8) is 0 Å². The zero-order chi connectivity index (χ0) is 10.6. The summed E-state index contributed by atoms with van der Waals surface area (Å²) in [5.74, 6) is -0.137. The summed E-state index contributed by atoms with van der Waals surface area (Å²) in [6, 6.07) is 0. The second-order valence-electron chi connectivity index (χ2n) is 4.52. The van der Waals surface area contributed by atoms with Crippen LogP contribution in [0, 0.1) is 11.3 Å². The summed E-state index contributed by atoms with van der Waals surface area (Å²) in [4.78, 5) is 10.6. The van der Waals surface area contributed by atoms with Crippen molar-refractivity contribution in [2.75, 3.05) is 13.2 Å². The highest BCUT2D eigenvalue weighted by Gasteiger charge is 2.35. The molecule has 1 heterocycles. The molecule has 1 aliphatic rings. The quantitative estimate of drug-likeness (QED) is 0.757. The molecule has 0 saturated carbocycles. The van der Waals surface area contributed by atoms with Gasteiger partial charge in [-0.25, -0.2) is 0 Å². The average molecular weight is 200 g/mol. The summed E-state index contributed by atoms with van der Waals surface area (Å²) >= 11 is 0. The number of carboxylic acids is 1. The van der Waals surface area contributed by atoms with E-state index in [0.29, 0.717) is 5.92 Å². The van der Waals surface area contributed by atoms with Crippen molar-refractivity contribution < 1.29 is 14.6 Å². The zero-order valence-electron chi connectivity index (χ0n) is 9.08. The van der Waals surface area contributed by atoms with Crippen LogP contribution in [0.5, 0.6) is 0 Å². The Kier molecular flexibility index (Phi) is 3.93. The molecule has 1 N–H and O–H groups in total. The fourth-order valence-corrected chi connectivity index (χ4v) is 2.25. The lowest BCUT2D eigenvalue weighted by Gasteiger charge is -2.40. The maximum atomic E-state index is 10.6. The molecule has 82 valence electrons. The highest BCUT2D eigenvalue weighted by molar-refractivity contribution is 5.66. The average Bonchev–Trinajstić information content (AvgIpc) is 2.16. The molecule has 3 heteroatoms. The van der Waals surface area contributed by atoms with Crippen LogP contribution in [-0.2, 0) is 9.53 Å². The van der Waals surface area contributed by atoms with E-state index in [1.807, 2.05) is 0 Å². The van der Waals surface area contributed by atoms with E-state index in [1.54, 1.807) is 0 Å². The van der Waals surface area contributed by atoms with Gasteiger partial charge in [-0.05, 0) is 30.6 Å². The third-order valence-electron chi connectivity index (χ3n) is 3.55. The molecular formula is C11H20O3. The number of rotatable bonds is 4. The minimum atomic E-state index is -0.684. The van der Waals surface area contributed by atoms with Gasteiger partial charge in [0.05, 0.1) is 0 Å². The van der Waals surface area contributed by atoms with Gasteiger partial charge in [0.25, 0.3) is 0 Å². The lowest BCUT2D eigenvalue weighted by Crippen LogP contribution is -2.34. The third-order valence-corrected chi connectivity index (χ3v) is 3.55. The lowest BCUT2D eigenvalue weighted by molar-refractivity contribution is -0.138. The molecule has 14 heavy (non-hydrogen) atoms. The monoisotopic (exact) mass is 200 g/mol. The van der Waals surface area contributed by atoms with E-state index in [-0.39, 0.29) is 11.8 Å². The van der Waals surface area contributed by atoms with Gasteiger partial charge in [0.15, 0.2) is 0 Å². The van der Waals surface area contributed by atoms with E-state index in [1.165, 1.54) is 0 Å². The molecule has 0 bridgehead atoms. The Labute approximate surface area is 85.5 Å². The maximum absolute atomic E-state index is 10.6. The van der Waals surface area contributed by atoms with Crippen molar-refractivity contribution in [2.24, 2.45) is 11.3 Å². The van der Waals surface area contributed by atoms with Gasteiger partial charge in [-0.2, -0.15) is 0 Å². The van der Waals surface area contributed by atoms with Crippen molar-refractivity contribution in [3.05, 3.63) is 0 Å². The molecule has 0 aromatic heterocycles. The van der Waals surface area contributed by atoms with Crippen molar-refractivity contribution in [3.8, 4) is 0 Å². The highest BCUT2D eigenvalue weighted by Crippen LogP contribution is 2.42. The zero-order valence-corrected chi connectivity index (χ0v) is 9.08. The molecule has 1 rings (SSSR count). The molecule has 0 aliphatic carbocycles. The first-order valence-corrected chi connectivity index (χ1v) is 5.36. The van der Waals surface area contributed by atoms with Gasteiger partial charge < -0.3 is 9.84 Å². The Morgan fingerprint density at radius 1 is 1.43 bits per heavy atom. The Hall–Kier alpha value is -0.570. The first-order valence-electron chi connectivity index (χ1n) is 5.36. The second-order valence-corrected chi connectivity index (χ2v) is 4.52. The molecular weight excluding hydrogens is 180 g/mol. The summed E-state index contributed by atoms with van der Waals surface area (Å²) in [6.45, 7) is 5.95. The normalized spacial score (nSPS) is 21.1. The van der Waals surface area contributed by atoms with E-state index < -0.39 is 5.97 Å². The van der Waals surface area contributed by atoms with Gasteiger partial charge in [-0.3, -0.25) is 4.79 Å². The van der Waals surface area contributed by atoms with Crippen molar-refractivity contribution in [2.45, 2.75) is 39.5 Å². The van der Waals surface area contributed by atoms with E-state index in [2.05, 4.69) is 13.8 Å². The van der Waals surface area contributed by atoms with Gasteiger partial charge in [0.1, 0.15) is 0 Å². The van der Waals surface area contributed by atoms with E-state index in [4.69, 9.17) is 9.84 Å². The predicted octanol–water partition coefficient (Wildman–Crippen LogP) is 2.30. The molecule has 1 aliphatic heterocycles. The molecule has 0 unspecified atom stereocenters. The summed E-state index contributed by atoms with van der Waals surface area (Å²) in [5.41, 5.74) is 0.205. The summed E-state index contributed by atoms with van der Waals surface area (Å²) in [7, 11) is 0. The van der Waals surface area contributed by atoms with E-state index >= 15 is 0 Å². The van der Waals surface area contributed by atoms with Crippen LogP contribution in [0.25, 0.3) is 0 Å². The number of aliphatic carboxylic acids is 1. The summed E-state index contributed by atoms with van der Waals surface area (Å²) in [6.07, 6.45) is 3.11. The molecule has 0 spiro atoms. The minimum Gasteiger partial charge on any atom is -0.481 e. The Morgan fingerprint density at radius 2 is 2.00 bits per heavy atom. The summed E-state index contributed by atoms with van der Waals surface area (Å²) in [5, 5.41) is 8.71. The molecule has 0 aromatic rings. The smallest absolute Gasteiger partial charge is 0.303 e. The summed E-state index contributed by atoms with van der Waals surface area (Å²) < 4.78 is 5.33. The number of ether oxygens (including phenoxy) is 1. The van der Waals surface area contributed by atoms with Crippen LogP contribution in [0.3, 0.4) is 0 Å². The standard InChI is InChI=1S/C11H20O3/c1-9(2)11(4-3-10(12)13)5-7-14-8-6-11/h9H,3-8H2,1-2H3,(H,12,13). The van der Waals surface area contributed by atoms with Crippen molar-refractivity contribution in [1.82, 2.24) is 0 Å². The molecule has 3 nitrogen and oxygen atoms in total. The Balaban J connectivity index is 2.56. The van der Waals surface area contributed by atoms with E-state index in [9.17, 15) is 4.79 Å². The number of hydrogen-bond donors (Lipinski definition) is 1. The predicted molar refractivity (Wildman–Crippen MR) is 54.2 cm³/mol.